The van der Waals surface area contributed by atoms with E-state index in [-0.39, 0.29) is 5.91 Å². The normalized spacial score (nSPS) is 17.7. The molecule has 4 heteroatoms. The van der Waals surface area contributed by atoms with E-state index in [1.807, 2.05) is 18.2 Å². The van der Waals surface area contributed by atoms with Crippen molar-refractivity contribution in [3.8, 4) is 5.75 Å². The Balaban J connectivity index is 2.42. The summed E-state index contributed by atoms with van der Waals surface area (Å²) in [5.74, 6) is 0.554. The van der Waals surface area contributed by atoms with Gasteiger partial charge in [0.05, 0.1) is 5.69 Å². The lowest BCUT2D eigenvalue weighted by atomic mass is 10.1. The van der Waals surface area contributed by atoms with Gasteiger partial charge < -0.3 is 15.8 Å². The molecule has 1 aliphatic heterocycles. The third-order valence-corrected chi connectivity index (χ3v) is 2.44. The Bertz CT molecular complexity index is 413. The second kappa shape index (κ2) is 3.24. The highest BCUT2D eigenvalue weighted by molar-refractivity contribution is 6.00. The molecule has 0 saturated heterocycles. The van der Waals surface area contributed by atoms with Gasteiger partial charge in [-0.25, -0.2) is 0 Å². The van der Waals surface area contributed by atoms with Crippen LogP contribution in [-0.4, -0.2) is 11.5 Å². The Morgan fingerprint density at radius 2 is 2.20 bits per heavy atom. The zero-order chi connectivity index (χ0) is 11.1. The lowest BCUT2D eigenvalue weighted by Crippen LogP contribution is -2.45. The smallest absolute Gasteiger partial charge is 0.268 e. The van der Waals surface area contributed by atoms with Crippen LogP contribution in [0.1, 0.15) is 19.4 Å². The molecule has 0 spiro atoms. The molecule has 1 aromatic rings. The van der Waals surface area contributed by atoms with Crippen LogP contribution in [-0.2, 0) is 11.3 Å². The number of carbonyl (C=O) groups excluding carboxylic acids is 1. The number of ether oxygens (including phenoxy) is 1. The van der Waals surface area contributed by atoms with Crippen LogP contribution in [0.25, 0.3) is 0 Å². The summed E-state index contributed by atoms with van der Waals surface area (Å²) in [7, 11) is 0. The minimum atomic E-state index is -0.819. The number of anilines is 1. The molecule has 1 heterocycles. The minimum Gasteiger partial charge on any atom is -0.476 e. The van der Waals surface area contributed by atoms with E-state index in [9.17, 15) is 4.79 Å². The summed E-state index contributed by atoms with van der Waals surface area (Å²) in [5, 5.41) is 2.80. The van der Waals surface area contributed by atoms with E-state index < -0.39 is 5.60 Å². The third-order valence-electron chi connectivity index (χ3n) is 2.44. The second-order valence-electron chi connectivity index (χ2n) is 4.10. The number of hydrogen-bond acceptors (Lipinski definition) is 3. The number of benzene rings is 1. The number of carbonyl (C=O) groups is 1. The molecular weight excluding hydrogens is 192 g/mol. The molecule has 15 heavy (non-hydrogen) atoms. The second-order valence-corrected chi connectivity index (χ2v) is 4.10. The predicted molar refractivity (Wildman–Crippen MR) is 57.7 cm³/mol. The van der Waals surface area contributed by atoms with Crippen LogP contribution in [0.2, 0.25) is 0 Å². The van der Waals surface area contributed by atoms with Crippen molar-refractivity contribution < 1.29 is 9.53 Å². The van der Waals surface area contributed by atoms with Crippen LogP contribution in [0, 0.1) is 0 Å². The average Bonchev–Trinajstić information content (AvgIpc) is 2.18. The third kappa shape index (κ3) is 1.68. The van der Waals surface area contributed by atoms with E-state index in [2.05, 4.69) is 5.32 Å². The van der Waals surface area contributed by atoms with Crippen molar-refractivity contribution in [1.82, 2.24) is 0 Å². The fourth-order valence-corrected chi connectivity index (χ4v) is 1.48. The Kier molecular flexibility index (Phi) is 2.16. The lowest BCUT2D eigenvalue weighted by Gasteiger charge is -2.31. The summed E-state index contributed by atoms with van der Waals surface area (Å²) in [5.41, 5.74) is 6.41. The Morgan fingerprint density at radius 3 is 2.87 bits per heavy atom. The molecule has 3 N–H and O–H groups in total. The maximum absolute atomic E-state index is 11.6. The van der Waals surface area contributed by atoms with Gasteiger partial charge in [-0.05, 0) is 31.5 Å². The minimum absolute atomic E-state index is 0.129. The van der Waals surface area contributed by atoms with E-state index in [0.717, 1.165) is 5.56 Å². The average molecular weight is 206 g/mol. The lowest BCUT2D eigenvalue weighted by molar-refractivity contribution is -0.129. The number of nitrogens with one attached hydrogen (secondary N) is 1. The zero-order valence-corrected chi connectivity index (χ0v) is 8.83. The molecule has 0 fully saturated rings. The summed E-state index contributed by atoms with van der Waals surface area (Å²) >= 11 is 0. The molecule has 1 amide bonds. The molecule has 0 saturated carbocycles. The summed E-state index contributed by atoms with van der Waals surface area (Å²) in [6.45, 7) is 3.94. The van der Waals surface area contributed by atoms with Crippen LogP contribution < -0.4 is 15.8 Å². The largest absolute Gasteiger partial charge is 0.476 e. The summed E-state index contributed by atoms with van der Waals surface area (Å²) in [6.07, 6.45) is 0. The summed E-state index contributed by atoms with van der Waals surface area (Å²) < 4.78 is 5.61. The van der Waals surface area contributed by atoms with Crippen molar-refractivity contribution in [2.75, 3.05) is 5.32 Å². The van der Waals surface area contributed by atoms with Crippen LogP contribution in [0.4, 0.5) is 5.69 Å². The van der Waals surface area contributed by atoms with Gasteiger partial charge in [-0.3, -0.25) is 4.79 Å². The molecule has 80 valence electrons. The highest BCUT2D eigenvalue weighted by Crippen LogP contribution is 2.33. The maximum atomic E-state index is 11.6. The summed E-state index contributed by atoms with van der Waals surface area (Å²) in [4.78, 5) is 11.6. The molecule has 2 rings (SSSR count). The van der Waals surface area contributed by atoms with E-state index in [4.69, 9.17) is 10.5 Å². The van der Waals surface area contributed by atoms with Gasteiger partial charge in [0.25, 0.3) is 5.91 Å². The van der Waals surface area contributed by atoms with Crippen molar-refractivity contribution in [2.45, 2.75) is 26.0 Å². The fourth-order valence-electron chi connectivity index (χ4n) is 1.48. The van der Waals surface area contributed by atoms with E-state index in [0.29, 0.717) is 18.0 Å². The molecular formula is C11H14N2O2. The highest BCUT2D eigenvalue weighted by atomic mass is 16.5. The highest BCUT2D eigenvalue weighted by Gasteiger charge is 2.35. The number of fused-ring (bicyclic) bond motifs is 1. The number of amides is 1. The maximum Gasteiger partial charge on any atom is 0.268 e. The van der Waals surface area contributed by atoms with Gasteiger partial charge in [-0.1, -0.05) is 6.07 Å². The molecule has 0 atom stereocenters. The SMILES string of the molecule is CC1(C)Oc2cc(CN)ccc2NC1=O. The fraction of sp³-hybridized carbons (Fsp3) is 0.364. The van der Waals surface area contributed by atoms with Crippen LogP contribution in [0.3, 0.4) is 0 Å². The molecule has 0 bridgehead atoms. The van der Waals surface area contributed by atoms with E-state index >= 15 is 0 Å². The van der Waals surface area contributed by atoms with Gasteiger partial charge in [-0.15, -0.1) is 0 Å². The van der Waals surface area contributed by atoms with Crippen molar-refractivity contribution in [3.63, 3.8) is 0 Å². The number of nitrogens with two attached hydrogens (primary N) is 1. The first-order valence-corrected chi connectivity index (χ1v) is 4.86. The monoisotopic (exact) mass is 206 g/mol. The quantitative estimate of drug-likeness (QED) is 0.727. The van der Waals surface area contributed by atoms with Crippen LogP contribution in [0.5, 0.6) is 5.75 Å². The van der Waals surface area contributed by atoms with Crippen LogP contribution >= 0.6 is 0 Å². The van der Waals surface area contributed by atoms with Crippen molar-refractivity contribution >= 4 is 11.6 Å². The van der Waals surface area contributed by atoms with Gasteiger partial charge in [0.15, 0.2) is 5.60 Å². The molecule has 0 unspecified atom stereocenters. The molecule has 1 aliphatic rings. The molecule has 0 aliphatic carbocycles. The molecule has 0 aromatic heterocycles. The first-order chi connectivity index (χ1) is 7.03. The number of hydrogen-bond donors (Lipinski definition) is 2. The van der Waals surface area contributed by atoms with Gasteiger partial charge in [0, 0.05) is 6.54 Å². The van der Waals surface area contributed by atoms with Gasteiger partial charge >= 0.3 is 0 Å². The Morgan fingerprint density at radius 1 is 1.47 bits per heavy atom. The van der Waals surface area contributed by atoms with E-state index in [1.54, 1.807) is 13.8 Å². The van der Waals surface area contributed by atoms with Crippen molar-refractivity contribution in [3.05, 3.63) is 23.8 Å². The number of rotatable bonds is 1. The summed E-state index contributed by atoms with van der Waals surface area (Å²) in [6, 6.07) is 5.54. The van der Waals surface area contributed by atoms with Crippen molar-refractivity contribution in [2.24, 2.45) is 5.73 Å². The van der Waals surface area contributed by atoms with Gasteiger partial charge in [-0.2, -0.15) is 0 Å². The molecule has 4 nitrogen and oxygen atoms in total. The topological polar surface area (TPSA) is 64.3 Å². The molecule has 0 radical (unpaired) electrons. The molecule has 1 aromatic carbocycles. The Labute approximate surface area is 88.4 Å². The Hall–Kier alpha value is -1.55. The first kappa shape index (κ1) is 9.98. The van der Waals surface area contributed by atoms with Gasteiger partial charge in [0.1, 0.15) is 5.75 Å². The van der Waals surface area contributed by atoms with Crippen molar-refractivity contribution in [1.29, 1.82) is 0 Å². The van der Waals surface area contributed by atoms with Gasteiger partial charge in [0.2, 0.25) is 0 Å². The zero-order valence-electron chi connectivity index (χ0n) is 8.83. The van der Waals surface area contributed by atoms with Crippen LogP contribution in [0.15, 0.2) is 18.2 Å². The standard InChI is InChI=1S/C11H14N2O2/c1-11(2)10(14)13-8-4-3-7(6-12)5-9(8)15-11/h3-5H,6,12H2,1-2H3,(H,13,14). The van der Waals surface area contributed by atoms with E-state index in [1.165, 1.54) is 0 Å². The first-order valence-electron chi connectivity index (χ1n) is 4.86. The predicted octanol–water partition coefficient (Wildman–Crippen LogP) is 1.25.